The molecule has 2 fully saturated rings. The van der Waals surface area contributed by atoms with Gasteiger partial charge in [-0.3, -0.25) is 14.4 Å². The first-order chi connectivity index (χ1) is 21.3. The molecule has 2 aromatic heterocycles. The smallest absolute Gasteiger partial charge is 0.410 e. The highest BCUT2D eigenvalue weighted by atomic mass is 16.6. The van der Waals surface area contributed by atoms with Crippen LogP contribution in [-0.4, -0.2) is 74.8 Å². The van der Waals surface area contributed by atoms with Crippen LogP contribution in [0.25, 0.3) is 22.3 Å². The van der Waals surface area contributed by atoms with Crippen LogP contribution in [0, 0.1) is 0 Å². The Morgan fingerprint density at radius 2 is 1.80 bits per heavy atom. The lowest BCUT2D eigenvalue weighted by molar-refractivity contribution is 0.0937. The molecule has 2 saturated heterocycles. The number of hydrogen-bond acceptors (Lipinski definition) is 8. The third-order valence-electron chi connectivity index (χ3n) is 8.23. The molecule has 2 aromatic carbocycles. The summed E-state index contributed by atoms with van der Waals surface area (Å²) in [6.07, 6.45) is 7.53. The number of hydrogen-bond donors (Lipinski definition) is 3. The van der Waals surface area contributed by atoms with Crippen LogP contribution >= 0.6 is 0 Å². The predicted octanol–water partition coefficient (Wildman–Crippen LogP) is 3.66. The Labute approximate surface area is 256 Å². The molecule has 2 aliphatic heterocycles. The summed E-state index contributed by atoms with van der Waals surface area (Å²) < 4.78 is 7.44. The quantitative estimate of drug-likeness (QED) is 0.294. The van der Waals surface area contributed by atoms with Crippen molar-refractivity contribution in [3.63, 3.8) is 0 Å². The summed E-state index contributed by atoms with van der Waals surface area (Å²) in [5.41, 5.74) is 17.3. The molecule has 2 atom stereocenters. The minimum atomic E-state index is -0.450. The average Bonchev–Trinajstić information content (AvgIpc) is 3.67. The van der Waals surface area contributed by atoms with E-state index in [2.05, 4.69) is 44.6 Å². The van der Waals surface area contributed by atoms with Gasteiger partial charge in [0, 0.05) is 68.8 Å². The highest BCUT2D eigenvalue weighted by Gasteiger charge is 2.29. The van der Waals surface area contributed by atoms with Gasteiger partial charge in [0.25, 0.3) is 5.91 Å². The van der Waals surface area contributed by atoms with Crippen molar-refractivity contribution in [2.45, 2.75) is 37.9 Å². The number of rotatable bonds is 7. The van der Waals surface area contributed by atoms with Gasteiger partial charge in [-0.2, -0.15) is 5.10 Å². The molecule has 0 aliphatic carbocycles. The van der Waals surface area contributed by atoms with E-state index in [-0.39, 0.29) is 29.4 Å². The number of nitrogens with two attached hydrogens (primary N) is 2. The second-order valence-corrected chi connectivity index (χ2v) is 11.7. The van der Waals surface area contributed by atoms with Crippen molar-refractivity contribution < 1.29 is 14.3 Å². The van der Waals surface area contributed by atoms with Gasteiger partial charge in [-0.1, -0.05) is 30.3 Å². The Morgan fingerprint density at radius 1 is 0.977 bits per heavy atom. The Bertz CT molecular complexity index is 1650. The van der Waals surface area contributed by atoms with Gasteiger partial charge in [-0.15, -0.1) is 0 Å². The number of carbonyl (C=O) groups excluding carboxylic acids is 2. The van der Waals surface area contributed by atoms with E-state index in [1.165, 1.54) is 5.56 Å². The minimum Gasteiger partial charge on any atom is -0.410 e. The molecule has 4 heterocycles. The molecule has 6 rings (SSSR count). The van der Waals surface area contributed by atoms with Crippen LogP contribution in [0.5, 0.6) is 5.75 Å². The first kappa shape index (κ1) is 29.3. The van der Waals surface area contributed by atoms with Crippen LogP contribution in [0.3, 0.4) is 0 Å². The van der Waals surface area contributed by atoms with Crippen LogP contribution in [0.15, 0.2) is 73.2 Å². The standard InChI is InChI=1S/C33H38N8O3/c1-39-19-26(17-37-39)25-15-30(31(35)36-16-25)32(42)38-28-10-12-41(21-28)33(43)44-29-9-3-7-24(14-29)23-6-2-5-22(13-23)18-40-11-4-8-27(34)20-40/h2-3,5-7,9,13-17,19,27-28H,4,8,10-12,18,20-21,34H2,1H3,(H2,35,36)(H,38,42)/t27-,28+/m0/s1. The molecular weight excluding hydrogens is 556 g/mol. The third-order valence-corrected chi connectivity index (χ3v) is 8.23. The Morgan fingerprint density at radius 3 is 2.59 bits per heavy atom. The van der Waals surface area contributed by atoms with Gasteiger partial charge in [0.2, 0.25) is 0 Å². The lowest BCUT2D eigenvalue weighted by Gasteiger charge is -2.30. The first-order valence-electron chi connectivity index (χ1n) is 15.0. The average molecular weight is 595 g/mol. The van der Waals surface area contributed by atoms with E-state index in [1.807, 2.05) is 31.4 Å². The maximum Gasteiger partial charge on any atom is 0.415 e. The highest BCUT2D eigenvalue weighted by molar-refractivity contribution is 5.99. The number of amides is 2. The fourth-order valence-electron chi connectivity index (χ4n) is 5.94. The number of nitrogens with zero attached hydrogens (tertiary/aromatic N) is 5. The van der Waals surface area contributed by atoms with E-state index in [9.17, 15) is 9.59 Å². The summed E-state index contributed by atoms with van der Waals surface area (Å²) in [6.45, 7) is 3.65. The topological polar surface area (TPSA) is 145 Å². The summed E-state index contributed by atoms with van der Waals surface area (Å²) in [5.74, 6) is 0.281. The molecule has 0 radical (unpaired) electrons. The van der Waals surface area contributed by atoms with Crippen LogP contribution in [0.2, 0.25) is 0 Å². The van der Waals surface area contributed by atoms with Gasteiger partial charge in [-0.05, 0) is 66.8 Å². The molecular formula is C33H38N8O3. The van der Waals surface area contributed by atoms with Crippen LogP contribution in [-0.2, 0) is 13.6 Å². The van der Waals surface area contributed by atoms with Crippen LogP contribution < -0.4 is 21.5 Å². The van der Waals surface area contributed by atoms with E-state index in [0.29, 0.717) is 25.3 Å². The van der Waals surface area contributed by atoms with Crippen LogP contribution in [0.4, 0.5) is 10.6 Å². The normalized spacial score (nSPS) is 18.7. The summed E-state index contributed by atoms with van der Waals surface area (Å²) >= 11 is 0. The monoisotopic (exact) mass is 594 g/mol. The minimum absolute atomic E-state index is 0.144. The number of ether oxygens (including phenoxy) is 1. The number of anilines is 1. The van der Waals surface area contributed by atoms with Gasteiger partial charge < -0.3 is 26.4 Å². The van der Waals surface area contributed by atoms with Gasteiger partial charge in [0.05, 0.1) is 11.8 Å². The van der Waals surface area contributed by atoms with E-state index < -0.39 is 6.09 Å². The molecule has 5 N–H and O–H groups in total. The van der Waals surface area contributed by atoms with Crippen molar-refractivity contribution in [1.29, 1.82) is 0 Å². The molecule has 0 spiro atoms. The van der Waals surface area contributed by atoms with Crippen molar-refractivity contribution in [2.75, 3.05) is 31.9 Å². The SMILES string of the molecule is Cn1cc(-c2cnc(N)c(C(=O)N[C@@H]3CCN(C(=O)Oc4cccc(-c5cccc(CN6CCC[C@H](N)C6)c5)c4)C3)c2)cn1. The Kier molecular flexibility index (Phi) is 8.58. The van der Waals surface area contributed by atoms with E-state index in [4.69, 9.17) is 16.2 Å². The second kappa shape index (κ2) is 12.9. The third kappa shape index (κ3) is 6.90. The number of pyridine rings is 1. The number of piperidine rings is 1. The second-order valence-electron chi connectivity index (χ2n) is 11.7. The van der Waals surface area contributed by atoms with Crippen molar-refractivity contribution in [3.05, 3.63) is 84.3 Å². The van der Waals surface area contributed by atoms with Gasteiger partial charge in [-0.25, -0.2) is 9.78 Å². The molecule has 11 heteroatoms. The molecule has 2 amide bonds. The van der Waals surface area contributed by atoms with Crippen molar-refractivity contribution >= 4 is 17.8 Å². The number of aromatic nitrogens is 3. The van der Waals surface area contributed by atoms with Crippen molar-refractivity contribution in [3.8, 4) is 28.0 Å². The summed E-state index contributed by atoms with van der Waals surface area (Å²) in [7, 11) is 1.82. The summed E-state index contributed by atoms with van der Waals surface area (Å²) in [5, 5.41) is 7.17. The van der Waals surface area contributed by atoms with Crippen molar-refractivity contribution in [1.82, 2.24) is 29.9 Å². The largest absolute Gasteiger partial charge is 0.415 e. The fourth-order valence-corrected chi connectivity index (χ4v) is 5.94. The van der Waals surface area contributed by atoms with Gasteiger partial charge >= 0.3 is 6.09 Å². The number of nitrogens with one attached hydrogen (secondary N) is 1. The summed E-state index contributed by atoms with van der Waals surface area (Å²) in [6, 6.07) is 17.7. The Hall–Kier alpha value is -4.74. The molecule has 2 aliphatic rings. The Balaban J connectivity index is 1.05. The molecule has 0 unspecified atom stereocenters. The van der Waals surface area contributed by atoms with E-state index in [0.717, 1.165) is 54.7 Å². The maximum absolute atomic E-state index is 13.1. The lowest BCUT2D eigenvalue weighted by Crippen LogP contribution is -2.42. The molecule has 228 valence electrons. The molecule has 44 heavy (non-hydrogen) atoms. The fraction of sp³-hybridized carbons (Fsp3) is 0.333. The predicted molar refractivity (Wildman–Crippen MR) is 169 cm³/mol. The summed E-state index contributed by atoms with van der Waals surface area (Å²) in [4.78, 5) is 34.4. The molecule has 11 nitrogen and oxygen atoms in total. The zero-order valence-electron chi connectivity index (χ0n) is 24.9. The van der Waals surface area contributed by atoms with Crippen molar-refractivity contribution in [2.24, 2.45) is 12.8 Å². The van der Waals surface area contributed by atoms with E-state index >= 15 is 0 Å². The number of carbonyl (C=O) groups is 2. The molecule has 0 saturated carbocycles. The number of benzene rings is 2. The first-order valence-corrected chi connectivity index (χ1v) is 15.0. The highest BCUT2D eigenvalue weighted by Crippen LogP contribution is 2.27. The number of aryl methyl sites for hydroxylation is 1. The lowest BCUT2D eigenvalue weighted by atomic mass is 10.0. The van der Waals surface area contributed by atoms with E-state index in [1.54, 1.807) is 34.1 Å². The van der Waals surface area contributed by atoms with Crippen LogP contribution in [0.1, 0.15) is 35.2 Å². The van der Waals surface area contributed by atoms with Gasteiger partial charge in [0.1, 0.15) is 11.6 Å². The zero-order chi connectivity index (χ0) is 30.6. The number of likely N-dealkylation sites (tertiary alicyclic amines) is 2. The molecule has 4 aromatic rings. The maximum atomic E-state index is 13.1. The molecule has 0 bridgehead atoms. The zero-order valence-corrected chi connectivity index (χ0v) is 24.9. The number of nitrogen functional groups attached to an aromatic ring is 1. The van der Waals surface area contributed by atoms with Gasteiger partial charge in [0.15, 0.2) is 0 Å².